The minimum Gasteiger partial charge on any atom is -0.361 e. The molecule has 0 bridgehead atoms. The molecule has 1 aliphatic heterocycles. The molecule has 2 aromatic rings. The molecule has 0 unspecified atom stereocenters. The van der Waals surface area contributed by atoms with Crippen LogP contribution in [0, 0.1) is 13.8 Å². The molecular formula is C20H27N3O2. The molecule has 3 rings (SSSR count). The van der Waals surface area contributed by atoms with Gasteiger partial charge in [-0.05, 0) is 25.8 Å². The van der Waals surface area contributed by atoms with E-state index in [0.717, 1.165) is 56.2 Å². The second-order valence-corrected chi connectivity index (χ2v) is 6.78. The van der Waals surface area contributed by atoms with Crippen molar-refractivity contribution in [3.05, 3.63) is 52.9 Å². The van der Waals surface area contributed by atoms with Crippen LogP contribution >= 0.6 is 0 Å². The highest BCUT2D eigenvalue weighted by Crippen LogP contribution is 2.23. The van der Waals surface area contributed by atoms with Gasteiger partial charge in [0.05, 0.1) is 11.6 Å². The third-order valence-electron chi connectivity index (χ3n) is 5.16. The topological polar surface area (TPSA) is 49.6 Å². The molecule has 2 heterocycles. The first-order valence-corrected chi connectivity index (χ1v) is 9.08. The SMILES string of the molecule is CC[C@H](C(=O)N1CCN(Cc2c(C)noc2C)CC1)c1ccccc1. The van der Waals surface area contributed by atoms with Crippen molar-refractivity contribution in [2.75, 3.05) is 26.2 Å². The van der Waals surface area contributed by atoms with Crippen LogP contribution in [0.1, 0.15) is 41.8 Å². The van der Waals surface area contributed by atoms with E-state index in [1.54, 1.807) is 0 Å². The van der Waals surface area contributed by atoms with Crippen molar-refractivity contribution in [2.24, 2.45) is 0 Å². The Morgan fingerprint density at radius 1 is 1.16 bits per heavy atom. The minimum atomic E-state index is -0.0321. The van der Waals surface area contributed by atoms with Gasteiger partial charge in [-0.3, -0.25) is 9.69 Å². The van der Waals surface area contributed by atoms with Crippen molar-refractivity contribution in [1.82, 2.24) is 15.0 Å². The van der Waals surface area contributed by atoms with Gasteiger partial charge in [0.2, 0.25) is 5.91 Å². The largest absolute Gasteiger partial charge is 0.361 e. The first-order valence-electron chi connectivity index (χ1n) is 9.08. The van der Waals surface area contributed by atoms with Gasteiger partial charge in [0.15, 0.2) is 0 Å². The molecule has 5 nitrogen and oxygen atoms in total. The fourth-order valence-corrected chi connectivity index (χ4v) is 3.54. The Bertz CT molecular complexity index is 683. The predicted octanol–water partition coefficient (Wildman–Crippen LogP) is 3.13. The second kappa shape index (κ2) is 7.83. The third kappa shape index (κ3) is 3.93. The van der Waals surface area contributed by atoms with Crippen molar-refractivity contribution in [2.45, 2.75) is 39.7 Å². The lowest BCUT2D eigenvalue weighted by atomic mass is 9.95. The smallest absolute Gasteiger partial charge is 0.230 e. The Kier molecular flexibility index (Phi) is 5.53. The van der Waals surface area contributed by atoms with Gasteiger partial charge < -0.3 is 9.42 Å². The van der Waals surface area contributed by atoms with Crippen LogP contribution in [0.4, 0.5) is 0 Å². The van der Waals surface area contributed by atoms with Crippen LogP contribution in [-0.4, -0.2) is 47.0 Å². The van der Waals surface area contributed by atoms with Gasteiger partial charge in [0, 0.05) is 38.3 Å². The van der Waals surface area contributed by atoms with Gasteiger partial charge in [-0.15, -0.1) is 0 Å². The fourth-order valence-electron chi connectivity index (χ4n) is 3.54. The number of carbonyl (C=O) groups is 1. The summed E-state index contributed by atoms with van der Waals surface area (Å²) in [6.45, 7) is 10.2. The normalized spacial score (nSPS) is 16.8. The van der Waals surface area contributed by atoms with Gasteiger partial charge in [-0.1, -0.05) is 42.4 Å². The summed E-state index contributed by atoms with van der Waals surface area (Å²) in [7, 11) is 0. The van der Waals surface area contributed by atoms with Crippen LogP contribution in [0.3, 0.4) is 0 Å². The van der Waals surface area contributed by atoms with E-state index in [4.69, 9.17) is 4.52 Å². The number of amides is 1. The zero-order chi connectivity index (χ0) is 17.8. The van der Waals surface area contributed by atoms with Crippen LogP contribution in [0.15, 0.2) is 34.9 Å². The van der Waals surface area contributed by atoms with E-state index < -0.39 is 0 Å². The third-order valence-corrected chi connectivity index (χ3v) is 5.16. The fraction of sp³-hybridized carbons (Fsp3) is 0.500. The highest BCUT2D eigenvalue weighted by Gasteiger charge is 2.28. The van der Waals surface area contributed by atoms with E-state index in [2.05, 4.69) is 29.1 Å². The molecule has 0 aliphatic carbocycles. The summed E-state index contributed by atoms with van der Waals surface area (Å²) in [6, 6.07) is 10.1. The maximum Gasteiger partial charge on any atom is 0.230 e. The Labute approximate surface area is 149 Å². The number of hydrogen-bond acceptors (Lipinski definition) is 4. The van der Waals surface area contributed by atoms with Crippen LogP contribution < -0.4 is 0 Å². The summed E-state index contributed by atoms with van der Waals surface area (Å²) in [5, 5.41) is 4.03. The van der Waals surface area contributed by atoms with Crippen LogP contribution in [0.5, 0.6) is 0 Å². The number of rotatable bonds is 5. The highest BCUT2D eigenvalue weighted by atomic mass is 16.5. The van der Waals surface area contributed by atoms with Gasteiger partial charge in [0.1, 0.15) is 5.76 Å². The molecule has 0 saturated carbocycles. The van der Waals surface area contributed by atoms with E-state index in [-0.39, 0.29) is 11.8 Å². The van der Waals surface area contributed by atoms with E-state index in [0.29, 0.717) is 0 Å². The summed E-state index contributed by atoms with van der Waals surface area (Å²) >= 11 is 0. The molecule has 5 heteroatoms. The molecule has 1 aromatic carbocycles. The summed E-state index contributed by atoms with van der Waals surface area (Å²) in [6.07, 6.45) is 0.835. The Balaban J connectivity index is 1.59. The lowest BCUT2D eigenvalue weighted by molar-refractivity contribution is -0.134. The lowest BCUT2D eigenvalue weighted by Crippen LogP contribution is -2.49. The molecule has 1 aromatic heterocycles. The van der Waals surface area contributed by atoms with Crippen LogP contribution in [0.2, 0.25) is 0 Å². The molecule has 1 amide bonds. The monoisotopic (exact) mass is 341 g/mol. The van der Waals surface area contributed by atoms with E-state index in [1.807, 2.05) is 36.9 Å². The van der Waals surface area contributed by atoms with Gasteiger partial charge in [-0.25, -0.2) is 0 Å². The molecule has 1 fully saturated rings. The number of piperazine rings is 1. The van der Waals surface area contributed by atoms with Gasteiger partial charge >= 0.3 is 0 Å². The maximum atomic E-state index is 12.9. The summed E-state index contributed by atoms with van der Waals surface area (Å²) in [5.41, 5.74) is 3.26. The Morgan fingerprint density at radius 2 is 1.84 bits per heavy atom. The molecule has 1 saturated heterocycles. The summed E-state index contributed by atoms with van der Waals surface area (Å²) < 4.78 is 5.25. The Hall–Kier alpha value is -2.14. The first-order chi connectivity index (χ1) is 12.1. The van der Waals surface area contributed by atoms with E-state index in [1.165, 1.54) is 5.56 Å². The summed E-state index contributed by atoms with van der Waals surface area (Å²) in [4.78, 5) is 17.3. The molecule has 25 heavy (non-hydrogen) atoms. The van der Waals surface area contributed by atoms with Crippen LogP contribution in [-0.2, 0) is 11.3 Å². The molecule has 0 radical (unpaired) electrons. The molecule has 1 atom stereocenters. The van der Waals surface area contributed by atoms with Crippen LogP contribution in [0.25, 0.3) is 0 Å². The maximum absolute atomic E-state index is 12.9. The zero-order valence-electron chi connectivity index (χ0n) is 15.4. The van der Waals surface area contributed by atoms with Crippen molar-refractivity contribution >= 4 is 5.91 Å². The van der Waals surface area contributed by atoms with Gasteiger partial charge in [0.25, 0.3) is 0 Å². The van der Waals surface area contributed by atoms with Crippen molar-refractivity contribution in [1.29, 1.82) is 0 Å². The number of aromatic nitrogens is 1. The number of aryl methyl sites for hydroxylation is 2. The van der Waals surface area contributed by atoms with E-state index >= 15 is 0 Å². The number of carbonyl (C=O) groups excluding carboxylic acids is 1. The van der Waals surface area contributed by atoms with Crippen molar-refractivity contribution in [3.63, 3.8) is 0 Å². The predicted molar refractivity (Wildman–Crippen MR) is 97.3 cm³/mol. The Morgan fingerprint density at radius 3 is 2.40 bits per heavy atom. The standard InChI is InChI=1S/C20H27N3O2/c1-4-18(17-8-6-5-7-9-17)20(24)23-12-10-22(11-13-23)14-19-15(2)21-25-16(19)3/h5-9,18H,4,10-14H2,1-3H3/t18-/m0/s1. The molecular weight excluding hydrogens is 314 g/mol. The second-order valence-electron chi connectivity index (χ2n) is 6.78. The molecule has 0 N–H and O–H groups in total. The van der Waals surface area contributed by atoms with E-state index in [9.17, 15) is 4.79 Å². The average molecular weight is 341 g/mol. The molecule has 1 aliphatic rings. The summed E-state index contributed by atoms with van der Waals surface area (Å²) in [5.74, 6) is 1.12. The molecule has 0 spiro atoms. The highest BCUT2D eigenvalue weighted by molar-refractivity contribution is 5.83. The average Bonchev–Trinajstić information content (AvgIpc) is 2.96. The van der Waals surface area contributed by atoms with Crippen molar-refractivity contribution < 1.29 is 9.32 Å². The first kappa shape index (κ1) is 17.7. The lowest BCUT2D eigenvalue weighted by Gasteiger charge is -2.36. The van der Waals surface area contributed by atoms with Crippen molar-refractivity contribution in [3.8, 4) is 0 Å². The molecule has 134 valence electrons. The number of hydrogen-bond donors (Lipinski definition) is 0. The minimum absolute atomic E-state index is 0.0321. The van der Waals surface area contributed by atoms with Gasteiger partial charge in [-0.2, -0.15) is 0 Å². The quantitative estimate of drug-likeness (QED) is 0.838. The number of benzene rings is 1. The zero-order valence-corrected chi connectivity index (χ0v) is 15.4. The number of nitrogens with zero attached hydrogens (tertiary/aromatic N) is 3.